The number of rotatable bonds is 8. The highest BCUT2D eigenvalue weighted by atomic mass is 16.2. The van der Waals surface area contributed by atoms with Gasteiger partial charge in [0.15, 0.2) is 0 Å². The lowest BCUT2D eigenvalue weighted by atomic mass is 9.73. The predicted octanol–water partition coefficient (Wildman–Crippen LogP) is 0.784. The third kappa shape index (κ3) is 3.69. The predicted molar refractivity (Wildman–Crippen MR) is 75.4 cm³/mol. The fraction of sp³-hybridized carbons (Fsp3) is 0.857. The number of carbonyl (C=O) groups is 2. The number of nitrogens with one attached hydrogen (secondary N) is 2. The van der Waals surface area contributed by atoms with Gasteiger partial charge < -0.3 is 16.4 Å². The number of nitrogens with two attached hydrogens (primary N) is 1. The lowest BCUT2D eigenvalue weighted by Crippen LogP contribution is -2.49. The van der Waals surface area contributed by atoms with Gasteiger partial charge in [0.1, 0.15) is 0 Å². The van der Waals surface area contributed by atoms with Crippen LogP contribution in [0.4, 0.5) is 0 Å². The molecule has 1 aliphatic heterocycles. The number of hydrogen-bond acceptors (Lipinski definition) is 3. The van der Waals surface area contributed by atoms with E-state index in [4.69, 9.17) is 5.73 Å². The standard InChI is InChI=1S/C14H27N3O2/c1-3-5-7-14(13(15)19)10-16-9-11(14)12(18)17-8-6-4-2/h11,16H,3-10H2,1-2H3,(H2,15,19)(H,17,18). The molecule has 1 fully saturated rings. The largest absolute Gasteiger partial charge is 0.369 e. The molecule has 0 spiro atoms. The van der Waals surface area contributed by atoms with Crippen LogP contribution in [0, 0.1) is 11.3 Å². The van der Waals surface area contributed by atoms with E-state index in [0.717, 1.165) is 25.7 Å². The van der Waals surface area contributed by atoms with Crippen LogP contribution in [-0.4, -0.2) is 31.4 Å². The molecule has 5 nitrogen and oxygen atoms in total. The van der Waals surface area contributed by atoms with Crippen LogP contribution in [0.5, 0.6) is 0 Å². The molecule has 1 saturated heterocycles. The quantitative estimate of drug-likeness (QED) is 0.569. The molecule has 1 heterocycles. The summed E-state index contributed by atoms with van der Waals surface area (Å²) in [6.07, 6.45) is 4.62. The topological polar surface area (TPSA) is 84.2 Å². The summed E-state index contributed by atoms with van der Waals surface area (Å²) >= 11 is 0. The molecule has 2 unspecified atom stereocenters. The van der Waals surface area contributed by atoms with Crippen molar-refractivity contribution in [3.05, 3.63) is 0 Å². The molecule has 110 valence electrons. The van der Waals surface area contributed by atoms with E-state index in [2.05, 4.69) is 24.5 Å². The van der Waals surface area contributed by atoms with Crippen LogP contribution >= 0.6 is 0 Å². The van der Waals surface area contributed by atoms with Gasteiger partial charge in [0, 0.05) is 19.6 Å². The fourth-order valence-corrected chi connectivity index (χ4v) is 2.75. The summed E-state index contributed by atoms with van der Waals surface area (Å²) in [5, 5.41) is 6.09. The summed E-state index contributed by atoms with van der Waals surface area (Å²) in [4.78, 5) is 24.1. The Balaban J connectivity index is 2.72. The highest BCUT2D eigenvalue weighted by molar-refractivity contribution is 5.91. The number of hydrogen-bond donors (Lipinski definition) is 3. The van der Waals surface area contributed by atoms with Crippen LogP contribution in [0.25, 0.3) is 0 Å². The smallest absolute Gasteiger partial charge is 0.225 e. The summed E-state index contributed by atoms with van der Waals surface area (Å²) in [6, 6.07) is 0. The first-order chi connectivity index (χ1) is 9.08. The average molecular weight is 269 g/mol. The molecule has 0 aromatic carbocycles. The second-order valence-electron chi connectivity index (χ2n) is 5.45. The van der Waals surface area contributed by atoms with Crippen molar-refractivity contribution in [3.63, 3.8) is 0 Å². The Morgan fingerprint density at radius 3 is 2.58 bits per heavy atom. The molecule has 0 aromatic heterocycles. The van der Waals surface area contributed by atoms with Crippen molar-refractivity contribution in [2.75, 3.05) is 19.6 Å². The van der Waals surface area contributed by atoms with Crippen LogP contribution in [0.15, 0.2) is 0 Å². The van der Waals surface area contributed by atoms with Gasteiger partial charge in [-0.1, -0.05) is 33.1 Å². The molecule has 0 aliphatic carbocycles. The van der Waals surface area contributed by atoms with Gasteiger partial charge in [-0.15, -0.1) is 0 Å². The zero-order valence-electron chi connectivity index (χ0n) is 12.1. The maximum absolute atomic E-state index is 12.2. The molecule has 0 saturated carbocycles. The van der Waals surface area contributed by atoms with Gasteiger partial charge in [-0.25, -0.2) is 0 Å². The van der Waals surface area contributed by atoms with Gasteiger partial charge in [0.05, 0.1) is 11.3 Å². The van der Waals surface area contributed by atoms with Crippen molar-refractivity contribution in [1.82, 2.24) is 10.6 Å². The average Bonchev–Trinajstić information content (AvgIpc) is 2.81. The van der Waals surface area contributed by atoms with Crippen molar-refractivity contribution < 1.29 is 9.59 Å². The zero-order valence-corrected chi connectivity index (χ0v) is 12.1. The monoisotopic (exact) mass is 269 g/mol. The minimum absolute atomic E-state index is 0.0339. The first-order valence-corrected chi connectivity index (χ1v) is 7.36. The fourth-order valence-electron chi connectivity index (χ4n) is 2.75. The number of carbonyl (C=O) groups excluding carboxylic acids is 2. The van der Waals surface area contributed by atoms with Crippen molar-refractivity contribution in [1.29, 1.82) is 0 Å². The third-order valence-electron chi connectivity index (χ3n) is 4.07. The maximum atomic E-state index is 12.2. The normalized spacial score (nSPS) is 26.3. The van der Waals surface area contributed by atoms with E-state index in [9.17, 15) is 9.59 Å². The highest BCUT2D eigenvalue weighted by Gasteiger charge is 2.50. The molecular formula is C14H27N3O2. The second kappa shape index (κ2) is 7.48. The number of primary amides is 1. The molecule has 2 atom stereocenters. The van der Waals surface area contributed by atoms with Gasteiger partial charge in [-0.05, 0) is 12.8 Å². The Bertz CT molecular complexity index is 320. The van der Waals surface area contributed by atoms with Crippen LogP contribution in [0.1, 0.15) is 46.0 Å². The number of unbranched alkanes of at least 4 members (excludes halogenated alkanes) is 2. The zero-order chi connectivity index (χ0) is 14.3. The Labute approximate surface area is 115 Å². The first-order valence-electron chi connectivity index (χ1n) is 7.36. The SMILES string of the molecule is CCCCNC(=O)C1CNCC1(CCCC)C(N)=O. The molecule has 4 N–H and O–H groups in total. The maximum Gasteiger partial charge on any atom is 0.225 e. The van der Waals surface area contributed by atoms with E-state index in [1.165, 1.54) is 0 Å². The molecule has 1 aliphatic rings. The number of amides is 2. The Hall–Kier alpha value is -1.10. The Kier molecular flexibility index (Phi) is 6.28. The first kappa shape index (κ1) is 16.0. The second-order valence-corrected chi connectivity index (χ2v) is 5.45. The molecule has 0 aromatic rings. The summed E-state index contributed by atoms with van der Waals surface area (Å²) in [5.74, 6) is -0.705. The Morgan fingerprint density at radius 2 is 2.00 bits per heavy atom. The summed E-state index contributed by atoms with van der Waals surface area (Å²) in [7, 11) is 0. The molecule has 2 amide bonds. The van der Waals surface area contributed by atoms with Gasteiger partial charge in [-0.3, -0.25) is 9.59 Å². The summed E-state index contributed by atoms with van der Waals surface area (Å²) in [6.45, 7) is 5.90. The van der Waals surface area contributed by atoms with E-state index < -0.39 is 5.41 Å². The minimum Gasteiger partial charge on any atom is -0.369 e. The van der Waals surface area contributed by atoms with Crippen molar-refractivity contribution in [3.8, 4) is 0 Å². The third-order valence-corrected chi connectivity index (χ3v) is 4.07. The van der Waals surface area contributed by atoms with E-state index >= 15 is 0 Å². The molecule has 1 rings (SSSR count). The van der Waals surface area contributed by atoms with Crippen LogP contribution in [0.3, 0.4) is 0 Å². The van der Waals surface area contributed by atoms with Crippen LogP contribution in [-0.2, 0) is 9.59 Å². The van der Waals surface area contributed by atoms with Crippen LogP contribution in [0.2, 0.25) is 0 Å². The van der Waals surface area contributed by atoms with Gasteiger partial charge in [0.25, 0.3) is 0 Å². The lowest BCUT2D eigenvalue weighted by Gasteiger charge is -2.30. The molecule has 0 bridgehead atoms. The van der Waals surface area contributed by atoms with Gasteiger partial charge in [-0.2, -0.15) is 0 Å². The van der Waals surface area contributed by atoms with Crippen LogP contribution < -0.4 is 16.4 Å². The molecular weight excluding hydrogens is 242 g/mol. The summed E-state index contributed by atoms with van der Waals surface area (Å²) in [5.41, 5.74) is 4.90. The van der Waals surface area contributed by atoms with Gasteiger partial charge >= 0.3 is 0 Å². The molecule has 5 heteroatoms. The van der Waals surface area contributed by atoms with E-state index in [1.807, 2.05) is 0 Å². The van der Waals surface area contributed by atoms with Crippen molar-refractivity contribution in [2.24, 2.45) is 17.1 Å². The van der Waals surface area contributed by atoms with Crippen molar-refractivity contribution >= 4 is 11.8 Å². The van der Waals surface area contributed by atoms with E-state index in [-0.39, 0.29) is 17.7 Å². The molecule has 0 radical (unpaired) electrons. The van der Waals surface area contributed by atoms with Gasteiger partial charge in [0.2, 0.25) is 11.8 Å². The highest BCUT2D eigenvalue weighted by Crippen LogP contribution is 2.36. The summed E-state index contributed by atoms with van der Waals surface area (Å²) < 4.78 is 0. The molecule has 19 heavy (non-hydrogen) atoms. The van der Waals surface area contributed by atoms with E-state index in [0.29, 0.717) is 26.1 Å². The minimum atomic E-state index is -0.702. The lowest BCUT2D eigenvalue weighted by molar-refractivity contribution is -0.138. The van der Waals surface area contributed by atoms with E-state index in [1.54, 1.807) is 0 Å². The Morgan fingerprint density at radius 1 is 1.32 bits per heavy atom. The van der Waals surface area contributed by atoms with Crippen molar-refractivity contribution in [2.45, 2.75) is 46.0 Å².